The number of aryl methyl sites for hydroxylation is 2. The molecule has 0 fully saturated rings. The lowest BCUT2D eigenvalue weighted by Gasteiger charge is -2.05. The summed E-state index contributed by atoms with van der Waals surface area (Å²) in [5.41, 5.74) is 3.90. The first kappa shape index (κ1) is 16.4. The van der Waals surface area contributed by atoms with E-state index in [-0.39, 0.29) is 5.91 Å². The van der Waals surface area contributed by atoms with Gasteiger partial charge < -0.3 is 4.57 Å². The van der Waals surface area contributed by atoms with Crippen LogP contribution in [0.2, 0.25) is 0 Å². The zero-order valence-corrected chi connectivity index (χ0v) is 14.9. The van der Waals surface area contributed by atoms with Crippen LogP contribution in [0.3, 0.4) is 0 Å². The highest BCUT2D eigenvalue weighted by molar-refractivity contribution is 7.09. The summed E-state index contributed by atoms with van der Waals surface area (Å²) in [6.07, 6.45) is 0.914. The Bertz CT molecular complexity index is 936. The Morgan fingerprint density at radius 2 is 1.75 bits per heavy atom. The van der Waals surface area contributed by atoms with E-state index in [4.69, 9.17) is 0 Å². The van der Waals surface area contributed by atoms with Crippen LogP contribution in [0.15, 0.2) is 59.6 Å². The summed E-state index contributed by atoms with van der Waals surface area (Å²) in [7, 11) is 1.97. The fourth-order valence-electron chi connectivity index (χ4n) is 2.76. The van der Waals surface area contributed by atoms with Crippen LogP contribution < -0.4 is 4.80 Å². The third-order valence-corrected chi connectivity index (χ3v) is 5.32. The average molecular weight is 336 g/mol. The topological polar surface area (TPSA) is 34.4 Å². The van der Waals surface area contributed by atoms with E-state index in [2.05, 4.69) is 24.0 Å². The molecule has 0 bridgehead atoms. The minimum absolute atomic E-state index is 0.188. The first-order valence-electron chi connectivity index (χ1n) is 8.00. The molecule has 0 atom stereocenters. The molecule has 1 aromatic heterocycles. The lowest BCUT2D eigenvalue weighted by molar-refractivity contribution is 0.0997. The average Bonchev–Trinajstić information content (AvgIpc) is 2.91. The van der Waals surface area contributed by atoms with Crippen LogP contribution in [0.1, 0.15) is 27.7 Å². The van der Waals surface area contributed by atoms with Crippen molar-refractivity contribution in [1.82, 2.24) is 4.57 Å². The molecule has 0 N–H and O–H groups in total. The molecule has 1 amide bonds. The van der Waals surface area contributed by atoms with Gasteiger partial charge >= 0.3 is 0 Å². The van der Waals surface area contributed by atoms with Gasteiger partial charge in [0, 0.05) is 17.5 Å². The standard InChI is InChI=1S/C20H20N2OS/c1-4-17-18(15-11-6-5-7-12-15)22(3)20(24-17)21-19(23)16-13-9-8-10-14(16)2/h5-13H,4H2,1-3H3. The van der Waals surface area contributed by atoms with Gasteiger partial charge in [-0.3, -0.25) is 4.79 Å². The molecule has 0 aliphatic carbocycles. The molecule has 122 valence electrons. The fourth-order valence-corrected chi connectivity index (χ4v) is 3.83. The first-order valence-corrected chi connectivity index (χ1v) is 8.82. The molecular weight excluding hydrogens is 316 g/mol. The quantitative estimate of drug-likeness (QED) is 0.699. The van der Waals surface area contributed by atoms with Gasteiger partial charge in [-0.05, 0) is 30.5 Å². The SMILES string of the molecule is CCc1sc(=NC(=O)c2ccccc2C)n(C)c1-c1ccccc1. The van der Waals surface area contributed by atoms with Crippen molar-refractivity contribution in [3.05, 3.63) is 75.4 Å². The van der Waals surface area contributed by atoms with Gasteiger partial charge in [-0.15, -0.1) is 11.3 Å². The molecule has 3 rings (SSSR count). The highest BCUT2D eigenvalue weighted by Crippen LogP contribution is 2.25. The lowest BCUT2D eigenvalue weighted by atomic mass is 10.1. The number of benzene rings is 2. The van der Waals surface area contributed by atoms with E-state index >= 15 is 0 Å². The van der Waals surface area contributed by atoms with Crippen LogP contribution in [0.4, 0.5) is 0 Å². The maximum absolute atomic E-state index is 12.6. The second-order valence-electron chi connectivity index (χ2n) is 5.67. The number of carbonyl (C=O) groups excluding carboxylic acids is 1. The summed E-state index contributed by atoms with van der Waals surface area (Å²) in [6.45, 7) is 4.06. The molecular formula is C20H20N2OS. The molecule has 3 nitrogen and oxygen atoms in total. The van der Waals surface area contributed by atoms with Crippen molar-refractivity contribution < 1.29 is 4.79 Å². The molecule has 0 unspecified atom stereocenters. The molecule has 4 heteroatoms. The molecule has 0 saturated carbocycles. The number of hydrogen-bond acceptors (Lipinski definition) is 2. The van der Waals surface area contributed by atoms with Crippen molar-refractivity contribution in [2.24, 2.45) is 12.0 Å². The minimum atomic E-state index is -0.188. The van der Waals surface area contributed by atoms with Gasteiger partial charge in [0.05, 0.1) is 5.69 Å². The van der Waals surface area contributed by atoms with E-state index in [0.717, 1.165) is 28.0 Å². The molecule has 0 saturated heterocycles. The van der Waals surface area contributed by atoms with Crippen molar-refractivity contribution >= 4 is 17.2 Å². The van der Waals surface area contributed by atoms with Crippen LogP contribution in [0.25, 0.3) is 11.3 Å². The van der Waals surface area contributed by atoms with Gasteiger partial charge in [-0.2, -0.15) is 4.99 Å². The maximum Gasteiger partial charge on any atom is 0.279 e. The Hall–Kier alpha value is -2.46. The molecule has 0 aliphatic rings. The number of hydrogen-bond donors (Lipinski definition) is 0. The first-order chi connectivity index (χ1) is 11.6. The van der Waals surface area contributed by atoms with Gasteiger partial charge in [0.2, 0.25) is 0 Å². The molecule has 24 heavy (non-hydrogen) atoms. The zero-order valence-electron chi connectivity index (χ0n) is 14.1. The fraction of sp³-hybridized carbons (Fsp3) is 0.200. The van der Waals surface area contributed by atoms with Gasteiger partial charge in [-0.25, -0.2) is 0 Å². The monoisotopic (exact) mass is 336 g/mol. The van der Waals surface area contributed by atoms with Crippen molar-refractivity contribution in [2.75, 3.05) is 0 Å². The van der Waals surface area contributed by atoms with Crippen molar-refractivity contribution in [3.63, 3.8) is 0 Å². The normalized spacial score (nSPS) is 11.7. The second-order valence-corrected chi connectivity index (χ2v) is 6.73. The minimum Gasteiger partial charge on any atom is -0.319 e. The lowest BCUT2D eigenvalue weighted by Crippen LogP contribution is -2.14. The Morgan fingerprint density at radius 3 is 2.42 bits per heavy atom. The zero-order chi connectivity index (χ0) is 17.1. The van der Waals surface area contributed by atoms with Gasteiger partial charge in [0.15, 0.2) is 4.80 Å². The molecule has 0 radical (unpaired) electrons. The van der Waals surface area contributed by atoms with Crippen LogP contribution in [-0.4, -0.2) is 10.5 Å². The molecule has 0 spiro atoms. The Morgan fingerprint density at radius 1 is 1.08 bits per heavy atom. The van der Waals surface area contributed by atoms with E-state index < -0.39 is 0 Å². The Balaban J connectivity index is 2.11. The number of rotatable bonds is 3. The highest BCUT2D eigenvalue weighted by atomic mass is 32.1. The third kappa shape index (κ3) is 3.10. The summed E-state index contributed by atoms with van der Waals surface area (Å²) in [6, 6.07) is 17.8. The molecule has 0 aliphatic heterocycles. The van der Waals surface area contributed by atoms with Crippen molar-refractivity contribution in [3.8, 4) is 11.3 Å². The summed E-state index contributed by atoms with van der Waals surface area (Å²) >= 11 is 1.59. The van der Waals surface area contributed by atoms with E-state index in [0.29, 0.717) is 5.56 Å². The maximum atomic E-state index is 12.6. The van der Waals surface area contributed by atoms with E-state index in [1.54, 1.807) is 11.3 Å². The predicted molar refractivity (Wildman–Crippen MR) is 99.2 cm³/mol. The van der Waals surface area contributed by atoms with Crippen LogP contribution >= 0.6 is 11.3 Å². The van der Waals surface area contributed by atoms with Crippen molar-refractivity contribution in [1.29, 1.82) is 0 Å². The number of nitrogens with zero attached hydrogens (tertiary/aromatic N) is 2. The van der Waals surface area contributed by atoms with Crippen LogP contribution in [0, 0.1) is 6.92 Å². The summed E-state index contributed by atoms with van der Waals surface area (Å²) in [5, 5.41) is 0. The van der Waals surface area contributed by atoms with Gasteiger partial charge in [0.1, 0.15) is 0 Å². The van der Waals surface area contributed by atoms with Gasteiger partial charge in [-0.1, -0.05) is 55.5 Å². The predicted octanol–water partition coefficient (Wildman–Crippen LogP) is 4.37. The molecule has 3 aromatic rings. The smallest absolute Gasteiger partial charge is 0.279 e. The van der Waals surface area contributed by atoms with Crippen LogP contribution in [0.5, 0.6) is 0 Å². The van der Waals surface area contributed by atoms with Gasteiger partial charge in [0.25, 0.3) is 5.91 Å². The van der Waals surface area contributed by atoms with Crippen molar-refractivity contribution in [2.45, 2.75) is 20.3 Å². The van der Waals surface area contributed by atoms with E-state index in [1.165, 1.54) is 4.88 Å². The summed E-state index contributed by atoms with van der Waals surface area (Å²) in [5.74, 6) is -0.188. The number of carbonyl (C=O) groups is 1. The highest BCUT2D eigenvalue weighted by Gasteiger charge is 2.13. The third-order valence-electron chi connectivity index (χ3n) is 4.04. The number of aromatic nitrogens is 1. The second kappa shape index (κ2) is 6.97. The van der Waals surface area contributed by atoms with E-state index in [1.807, 2.05) is 61.0 Å². The molecule has 1 heterocycles. The Labute approximate surface area is 145 Å². The summed E-state index contributed by atoms with van der Waals surface area (Å²) < 4.78 is 2.02. The van der Waals surface area contributed by atoms with E-state index in [9.17, 15) is 4.79 Å². The summed E-state index contributed by atoms with van der Waals surface area (Å²) in [4.78, 5) is 18.9. The number of amides is 1. The largest absolute Gasteiger partial charge is 0.319 e. The Kier molecular flexibility index (Phi) is 4.76. The van der Waals surface area contributed by atoms with Crippen LogP contribution in [-0.2, 0) is 13.5 Å². The molecule has 2 aromatic carbocycles. The number of thiazole rings is 1.